The number of imide groups is 1. The SMILES string of the molecule is O=C1C(c2ccccc2)=CC(=O)C2(c3ccccc3)C1CC1C(=CCC3C(=O)N(CCc4ccc(O)cc4)C(=O)C31)C2c1ccc(OCCO)cc1. The minimum absolute atomic E-state index is 0.133. The molecule has 8 nitrogen and oxygen atoms in total. The Balaban J connectivity index is 1.26. The lowest BCUT2D eigenvalue weighted by Crippen LogP contribution is -2.58. The molecule has 0 bridgehead atoms. The van der Waals surface area contributed by atoms with Crippen LogP contribution in [-0.2, 0) is 31.0 Å². The van der Waals surface area contributed by atoms with Crippen molar-refractivity contribution in [3.8, 4) is 11.5 Å². The summed E-state index contributed by atoms with van der Waals surface area (Å²) in [5.41, 5.74) is 3.07. The highest BCUT2D eigenvalue weighted by Crippen LogP contribution is 2.63. The van der Waals surface area contributed by atoms with E-state index in [9.17, 15) is 19.8 Å². The van der Waals surface area contributed by atoms with Gasteiger partial charge in [0.2, 0.25) is 11.8 Å². The number of aliphatic hydroxyl groups excluding tert-OH is 1. The molecule has 3 aliphatic carbocycles. The molecule has 52 heavy (non-hydrogen) atoms. The Morgan fingerprint density at radius 1 is 0.788 bits per heavy atom. The van der Waals surface area contributed by atoms with E-state index < -0.39 is 35.0 Å². The zero-order valence-corrected chi connectivity index (χ0v) is 28.6. The number of ketones is 2. The predicted molar refractivity (Wildman–Crippen MR) is 194 cm³/mol. The number of allylic oxidation sites excluding steroid dienone is 4. The zero-order chi connectivity index (χ0) is 36.0. The molecule has 262 valence electrons. The highest BCUT2D eigenvalue weighted by atomic mass is 16.5. The molecule has 4 aromatic rings. The third-order valence-corrected chi connectivity index (χ3v) is 11.6. The van der Waals surface area contributed by atoms with Crippen molar-refractivity contribution in [2.45, 2.75) is 30.6 Å². The number of rotatable bonds is 9. The van der Waals surface area contributed by atoms with Crippen LogP contribution in [-0.4, -0.2) is 58.3 Å². The molecule has 4 aromatic carbocycles. The Kier molecular flexibility index (Phi) is 8.71. The number of phenols is 1. The lowest BCUT2D eigenvalue weighted by Gasteiger charge is -2.55. The summed E-state index contributed by atoms with van der Waals surface area (Å²) in [6, 6.07) is 32.9. The summed E-state index contributed by atoms with van der Waals surface area (Å²) >= 11 is 0. The Morgan fingerprint density at radius 3 is 2.17 bits per heavy atom. The van der Waals surface area contributed by atoms with Gasteiger partial charge in [0.25, 0.3) is 0 Å². The maximum atomic E-state index is 15.1. The number of benzene rings is 4. The van der Waals surface area contributed by atoms with E-state index in [4.69, 9.17) is 4.74 Å². The average molecular weight is 694 g/mol. The van der Waals surface area contributed by atoms with Gasteiger partial charge in [0.15, 0.2) is 11.6 Å². The molecule has 2 amide bonds. The topological polar surface area (TPSA) is 121 Å². The largest absolute Gasteiger partial charge is 0.508 e. The molecular weight excluding hydrogens is 654 g/mol. The Bertz CT molecular complexity index is 2090. The van der Waals surface area contributed by atoms with Gasteiger partial charge in [-0.05, 0) is 77.8 Å². The Hall–Kier alpha value is -5.60. The van der Waals surface area contributed by atoms with Crippen molar-refractivity contribution in [3.05, 3.63) is 149 Å². The smallest absolute Gasteiger partial charge is 0.233 e. The maximum Gasteiger partial charge on any atom is 0.233 e. The molecule has 8 heteroatoms. The highest BCUT2D eigenvalue weighted by Gasteiger charge is 2.65. The van der Waals surface area contributed by atoms with Crippen molar-refractivity contribution >= 4 is 29.0 Å². The first-order valence-electron chi connectivity index (χ1n) is 17.9. The minimum Gasteiger partial charge on any atom is -0.508 e. The summed E-state index contributed by atoms with van der Waals surface area (Å²) in [5.74, 6) is -3.14. The highest BCUT2D eigenvalue weighted by molar-refractivity contribution is 6.31. The fraction of sp³-hybridized carbons (Fsp3) is 0.273. The molecule has 0 spiro atoms. The summed E-state index contributed by atoms with van der Waals surface area (Å²) in [6.07, 6.45) is 4.64. The van der Waals surface area contributed by atoms with Crippen LogP contribution in [0.15, 0.2) is 127 Å². The van der Waals surface area contributed by atoms with Crippen molar-refractivity contribution in [2.24, 2.45) is 23.7 Å². The van der Waals surface area contributed by atoms with Crippen molar-refractivity contribution in [1.82, 2.24) is 4.90 Å². The fourth-order valence-corrected chi connectivity index (χ4v) is 9.36. The van der Waals surface area contributed by atoms with E-state index in [1.807, 2.05) is 84.9 Å². The van der Waals surface area contributed by atoms with Gasteiger partial charge in [-0.3, -0.25) is 24.1 Å². The molecule has 0 radical (unpaired) electrons. The van der Waals surface area contributed by atoms with E-state index in [1.54, 1.807) is 24.3 Å². The molecule has 4 aliphatic rings. The number of hydrogen-bond donors (Lipinski definition) is 2. The van der Waals surface area contributed by atoms with Gasteiger partial charge in [0.05, 0.1) is 23.9 Å². The van der Waals surface area contributed by atoms with E-state index in [0.717, 1.165) is 22.3 Å². The lowest BCUT2D eigenvalue weighted by molar-refractivity contribution is -0.140. The van der Waals surface area contributed by atoms with Gasteiger partial charge in [-0.25, -0.2) is 0 Å². The third-order valence-electron chi connectivity index (χ3n) is 11.6. The number of aromatic hydroxyl groups is 1. The van der Waals surface area contributed by atoms with Crippen LogP contribution in [0.4, 0.5) is 0 Å². The number of aliphatic hydroxyl groups is 1. The molecule has 1 aliphatic heterocycles. The van der Waals surface area contributed by atoms with E-state index in [2.05, 4.69) is 6.08 Å². The second kappa shape index (κ2) is 13.5. The van der Waals surface area contributed by atoms with E-state index in [1.165, 1.54) is 11.0 Å². The first kappa shape index (κ1) is 33.5. The Labute approximate surface area is 302 Å². The van der Waals surface area contributed by atoms with Crippen molar-refractivity contribution in [2.75, 3.05) is 19.8 Å². The molecule has 1 saturated heterocycles. The fourth-order valence-electron chi connectivity index (χ4n) is 9.36. The second-order valence-corrected chi connectivity index (χ2v) is 14.2. The van der Waals surface area contributed by atoms with Crippen molar-refractivity contribution < 1.29 is 34.1 Å². The monoisotopic (exact) mass is 693 g/mol. The van der Waals surface area contributed by atoms with E-state index in [-0.39, 0.29) is 55.3 Å². The van der Waals surface area contributed by atoms with Crippen molar-refractivity contribution in [3.63, 3.8) is 0 Å². The normalized spacial score (nSPS) is 26.6. The van der Waals surface area contributed by atoms with Gasteiger partial charge in [0.1, 0.15) is 18.1 Å². The van der Waals surface area contributed by atoms with Gasteiger partial charge in [-0.15, -0.1) is 0 Å². The number of Topliss-reactive ketones (excluding diaryl/α,β-unsaturated/α-hetero) is 1. The summed E-state index contributed by atoms with van der Waals surface area (Å²) in [7, 11) is 0. The number of phenolic OH excluding ortho intramolecular Hbond substituents is 1. The van der Waals surface area contributed by atoms with Crippen molar-refractivity contribution in [1.29, 1.82) is 0 Å². The van der Waals surface area contributed by atoms with Gasteiger partial charge in [-0.2, -0.15) is 0 Å². The number of fused-ring (bicyclic) bond motifs is 4. The number of likely N-dealkylation sites (tertiary alicyclic amines) is 1. The number of hydrogen-bond acceptors (Lipinski definition) is 7. The van der Waals surface area contributed by atoms with Crippen LogP contribution < -0.4 is 4.74 Å². The van der Waals surface area contributed by atoms with Gasteiger partial charge in [-0.1, -0.05) is 96.6 Å². The summed E-state index contributed by atoms with van der Waals surface area (Å²) in [6.45, 7) is 0.214. The number of ether oxygens (including phenoxy) is 1. The summed E-state index contributed by atoms with van der Waals surface area (Å²) in [4.78, 5) is 60.0. The number of carbonyl (C=O) groups is 4. The molecule has 6 atom stereocenters. The molecule has 1 heterocycles. The first-order chi connectivity index (χ1) is 25.3. The Morgan fingerprint density at radius 2 is 1.48 bits per heavy atom. The predicted octanol–water partition coefficient (Wildman–Crippen LogP) is 5.83. The molecule has 1 saturated carbocycles. The van der Waals surface area contributed by atoms with E-state index in [0.29, 0.717) is 29.7 Å². The van der Waals surface area contributed by atoms with Crippen LogP contribution in [0.5, 0.6) is 11.5 Å². The zero-order valence-electron chi connectivity index (χ0n) is 28.6. The van der Waals surface area contributed by atoms with Gasteiger partial charge >= 0.3 is 0 Å². The second-order valence-electron chi connectivity index (χ2n) is 14.2. The summed E-state index contributed by atoms with van der Waals surface area (Å²) in [5, 5.41) is 19.0. The molecule has 2 N–H and O–H groups in total. The minimum atomic E-state index is -1.30. The lowest BCUT2D eigenvalue weighted by atomic mass is 9.44. The maximum absolute atomic E-state index is 15.1. The molecule has 8 rings (SSSR count). The summed E-state index contributed by atoms with van der Waals surface area (Å²) < 4.78 is 5.68. The van der Waals surface area contributed by atoms with Crippen LogP contribution in [0, 0.1) is 23.7 Å². The number of carbonyl (C=O) groups excluding carboxylic acids is 4. The third kappa shape index (κ3) is 5.40. The van der Waals surface area contributed by atoms with Crippen LogP contribution in [0.3, 0.4) is 0 Å². The van der Waals surface area contributed by atoms with Crippen LogP contribution in [0.25, 0.3) is 5.57 Å². The average Bonchev–Trinajstić information content (AvgIpc) is 3.43. The molecule has 6 unspecified atom stereocenters. The quantitative estimate of drug-likeness (QED) is 0.167. The molecular formula is C44H39NO7. The molecule has 2 fully saturated rings. The molecule has 0 aromatic heterocycles. The van der Waals surface area contributed by atoms with Crippen LogP contribution in [0.1, 0.15) is 41.0 Å². The standard InChI is InChI=1S/C44H39NO7/c46-23-24-52-32-17-13-29(14-18-32)40-33-19-20-34-39(43(51)45(42(34)50)22-21-27-11-15-31(47)16-12-27)36(33)25-37-41(49)35(28-7-3-1-4-8-28)26-38(48)44(37,40)30-9-5-2-6-10-30/h1-19,26,34,36-37,39-40,46-47H,20-25H2. The van der Waals surface area contributed by atoms with Gasteiger partial charge in [0, 0.05) is 24.0 Å². The number of amides is 2. The number of nitrogens with zero attached hydrogens (tertiary/aromatic N) is 1. The van der Waals surface area contributed by atoms with Gasteiger partial charge < -0.3 is 14.9 Å². The first-order valence-corrected chi connectivity index (χ1v) is 17.9. The van der Waals surface area contributed by atoms with Crippen LogP contribution in [0.2, 0.25) is 0 Å². The van der Waals surface area contributed by atoms with Crippen LogP contribution >= 0.6 is 0 Å². The van der Waals surface area contributed by atoms with E-state index >= 15 is 9.59 Å².